The lowest BCUT2D eigenvalue weighted by Gasteiger charge is -2.34. The summed E-state index contributed by atoms with van der Waals surface area (Å²) in [6.45, 7) is 16.6. The molecule has 1 heterocycles. The predicted octanol–water partition coefficient (Wildman–Crippen LogP) is 11.5. The van der Waals surface area contributed by atoms with Gasteiger partial charge in [0.05, 0.1) is 31.8 Å². The van der Waals surface area contributed by atoms with Gasteiger partial charge in [0.25, 0.3) is 0 Å². The van der Waals surface area contributed by atoms with Crippen LogP contribution in [0.2, 0.25) is 0 Å². The highest BCUT2D eigenvalue weighted by Gasteiger charge is 2.34. The average Bonchev–Trinajstić information content (AvgIpc) is 3.21. The minimum atomic E-state index is -0.503. The molecule has 0 bridgehead atoms. The van der Waals surface area contributed by atoms with E-state index in [9.17, 15) is 9.90 Å². The van der Waals surface area contributed by atoms with Crippen molar-refractivity contribution in [2.24, 2.45) is 5.41 Å². The van der Waals surface area contributed by atoms with Crippen molar-refractivity contribution in [3.63, 3.8) is 0 Å². The highest BCUT2D eigenvalue weighted by Crippen LogP contribution is 2.23. The second kappa shape index (κ2) is 41.0. The molecule has 1 N–H and O–H groups in total. The van der Waals surface area contributed by atoms with E-state index in [2.05, 4.69) is 30.6 Å². The maximum Gasteiger partial charge on any atom is 0.305 e. The van der Waals surface area contributed by atoms with Crippen molar-refractivity contribution in [3.8, 4) is 0 Å². The number of nitrogens with zero attached hydrogens (tertiary/aromatic N) is 2. The largest absolute Gasteiger partial charge is 0.465 e. The Bertz CT molecular complexity index is 744. The molecule has 0 radical (unpaired) electrons. The zero-order chi connectivity index (χ0) is 40.5. The molecule has 0 aromatic heterocycles. The van der Waals surface area contributed by atoms with E-state index in [0.717, 1.165) is 84.8 Å². The van der Waals surface area contributed by atoms with Crippen LogP contribution in [0.1, 0.15) is 207 Å². The zero-order valence-corrected chi connectivity index (χ0v) is 37.8. The molecule has 0 saturated carbocycles. The van der Waals surface area contributed by atoms with Gasteiger partial charge in [0.2, 0.25) is 0 Å². The lowest BCUT2D eigenvalue weighted by atomic mass is 9.92. The van der Waals surface area contributed by atoms with Gasteiger partial charge in [-0.15, -0.1) is 0 Å². The average molecular weight is 797 g/mol. The van der Waals surface area contributed by atoms with Gasteiger partial charge in [-0.1, -0.05) is 175 Å². The van der Waals surface area contributed by atoms with Gasteiger partial charge in [-0.25, -0.2) is 0 Å². The highest BCUT2D eigenvalue weighted by atomic mass is 16.5. The number of aliphatic hydroxyl groups excluding tert-OH is 1. The van der Waals surface area contributed by atoms with E-state index in [1.54, 1.807) is 0 Å². The van der Waals surface area contributed by atoms with Gasteiger partial charge in [0.1, 0.15) is 6.61 Å². The van der Waals surface area contributed by atoms with Crippen molar-refractivity contribution < 1.29 is 28.8 Å². The van der Waals surface area contributed by atoms with E-state index in [0.29, 0.717) is 26.2 Å². The number of hydrogen-bond donors (Lipinski definition) is 1. The third-order valence-corrected chi connectivity index (χ3v) is 11.7. The van der Waals surface area contributed by atoms with Crippen LogP contribution in [0.5, 0.6) is 0 Å². The van der Waals surface area contributed by atoms with Gasteiger partial charge in [0.15, 0.2) is 0 Å². The molecule has 1 rings (SSSR count). The SMILES string of the molecule is CCCCCCCCCCCOCC(COCCCCCCCCCCC)(COCCCCCCCCCCC)COC(=O)CCCN1CCN(CCO)CC1. The van der Waals surface area contributed by atoms with Crippen molar-refractivity contribution in [1.29, 1.82) is 0 Å². The molecule has 0 aliphatic carbocycles. The van der Waals surface area contributed by atoms with Crippen LogP contribution in [0.3, 0.4) is 0 Å². The molecular weight excluding hydrogens is 701 g/mol. The molecule has 0 spiro atoms. The van der Waals surface area contributed by atoms with Gasteiger partial charge < -0.3 is 29.0 Å². The van der Waals surface area contributed by atoms with Crippen molar-refractivity contribution in [2.75, 3.05) is 92.1 Å². The molecule has 0 aromatic carbocycles. The standard InChI is InChI=1S/C48H96N2O6/c1-4-7-10-13-16-19-22-25-28-40-53-43-48(44-54-41-29-26-23-20-17-14-11-8-5-2,45-55-42-30-27-24-21-18-15-12-9-6-3)46-56-47(52)32-31-33-49-34-36-50(37-35-49)38-39-51/h51H,4-46H2,1-3H3. The predicted molar refractivity (Wildman–Crippen MR) is 237 cm³/mol. The fourth-order valence-corrected chi connectivity index (χ4v) is 7.79. The Morgan fingerprint density at radius 1 is 0.446 bits per heavy atom. The number of hydrogen-bond acceptors (Lipinski definition) is 8. The maximum absolute atomic E-state index is 13.1. The summed E-state index contributed by atoms with van der Waals surface area (Å²) in [6, 6.07) is 0. The third-order valence-electron chi connectivity index (χ3n) is 11.7. The number of aliphatic hydroxyl groups is 1. The van der Waals surface area contributed by atoms with Crippen molar-refractivity contribution in [2.45, 2.75) is 207 Å². The quantitative estimate of drug-likeness (QED) is 0.0482. The number of esters is 1. The fourth-order valence-electron chi connectivity index (χ4n) is 7.79. The molecule has 1 aliphatic rings. The van der Waals surface area contributed by atoms with Gasteiger partial charge in [-0.05, 0) is 32.2 Å². The summed E-state index contributed by atoms with van der Waals surface area (Å²) in [4.78, 5) is 17.9. The summed E-state index contributed by atoms with van der Waals surface area (Å²) in [5.41, 5.74) is -0.503. The second-order valence-corrected chi connectivity index (χ2v) is 17.3. The van der Waals surface area contributed by atoms with Crippen LogP contribution in [0.4, 0.5) is 0 Å². The van der Waals surface area contributed by atoms with Gasteiger partial charge in [-0.2, -0.15) is 0 Å². The zero-order valence-electron chi connectivity index (χ0n) is 37.8. The van der Waals surface area contributed by atoms with Crippen LogP contribution in [0.15, 0.2) is 0 Å². The van der Waals surface area contributed by atoms with Gasteiger partial charge in [0, 0.05) is 59.0 Å². The molecule has 56 heavy (non-hydrogen) atoms. The van der Waals surface area contributed by atoms with Crippen LogP contribution in [-0.4, -0.2) is 113 Å². The number of rotatable bonds is 44. The first-order valence-electron chi connectivity index (χ1n) is 24.5. The number of ether oxygens (including phenoxy) is 4. The van der Waals surface area contributed by atoms with Crippen LogP contribution in [0, 0.1) is 5.41 Å². The topological polar surface area (TPSA) is 80.7 Å². The Kier molecular flexibility index (Phi) is 39.0. The Balaban J connectivity index is 2.68. The van der Waals surface area contributed by atoms with Crippen LogP contribution >= 0.6 is 0 Å². The number of piperazine rings is 1. The molecule has 334 valence electrons. The van der Waals surface area contributed by atoms with Crippen molar-refractivity contribution >= 4 is 5.97 Å². The lowest BCUT2D eigenvalue weighted by Crippen LogP contribution is -2.47. The molecule has 1 aliphatic heterocycles. The van der Waals surface area contributed by atoms with Crippen LogP contribution in [-0.2, 0) is 23.7 Å². The highest BCUT2D eigenvalue weighted by molar-refractivity contribution is 5.69. The molecule has 1 fully saturated rings. The smallest absolute Gasteiger partial charge is 0.305 e. The first kappa shape index (κ1) is 53.2. The molecule has 8 nitrogen and oxygen atoms in total. The molecule has 8 heteroatoms. The van der Waals surface area contributed by atoms with Crippen LogP contribution in [0.25, 0.3) is 0 Å². The molecule has 0 atom stereocenters. The Morgan fingerprint density at radius 3 is 1.11 bits per heavy atom. The molecular formula is C48H96N2O6. The van der Waals surface area contributed by atoms with E-state index in [-0.39, 0.29) is 19.2 Å². The monoisotopic (exact) mass is 797 g/mol. The number of carbonyl (C=O) groups is 1. The minimum absolute atomic E-state index is 0.134. The maximum atomic E-state index is 13.1. The summed E-state index contributed by atoms with van der Waals surface area (Å²) >= 11 is 0. The summed E-state index contributed by atoms with van der Waals surface area (Å²) in [5, 5.41) is 9.25. The van der Waals surface area contributed by atoms with E-state index < -0.39 is 5.41 Å². The lowest BCUT2D eigenvalue weighted by molar-refractivity contribution is -0.156. The Labute approximate surface area is 348 Å². The number of unbranched alkanes of at least 4 members (excludes halogenated alkanes) is 24. The summed E-state index contributed by atoms with van der Waals surface area (Å²) in [7, 11) is 0. The van der Waals surface area contributed by atoms with E-state index in [1.807, 2.05) is 0 Å². The summed E-state index contributed by atoms with van der Waals surface area (Å²) in [6.07, 6.45) is 36.1. The first-order chi connectivity index (χ1) is 27.6. The summed E-state index contributed by atoms with van der Waals surface area (Å²) < 4.78 is 25.3. The van der Waals surface area contributed by atoms with E-state index in [4.69, 9.17) is 18.9 Å². The van der Waals surface area contributed by atoms with Crippen molar-refractivity contribution in [1.82, 2.24) is 9.80 Å². The minimum Gasteiger partial charge on any atom is -0.465 e. The van der Waals surface area contributed by atoms with Crippen molar-refractivity contribution in [3.05, 3.63) is 0 Å². The molecule has 0 amide bonds. The Morgan fingerprint density at radius 2 is 0.768 bits per heavy atom. The first-order valence-corrected chi connectivity index (χ1v) is 24.5. The fraction of sp³-hybridized carbons (Fsp3) is 0.979. The van der Waals surface area contributed by atoms with E-state index in [1.165, 1.54) is 154 Å². The number of β-amino-alcohol motifs (C(OH)–C–C–N with tert-alkyl or cyclic N) is 1. The van der Waals surface area contributed by atoms with Gasteiger partial charge in [-0.3, -0.25) is 9.69 Å². The molecule has 1 saturated heterocycles. The molecule has 0 unspecified atom stereocenters. The summed E-state index contributed by atoms with van der Waals surface area (Å²) in [5.74, 6) is -0.134. The third kappa shape index (κ3) is 33.1. The Hall–Kier alpha value is -0.770. The second-order valence-electron chi connectivity index (χ2n) is 17.3. The molecule has 0 aromatic rings. The normalized spacial score (nSPS) is 14.2. The number of carbonyl (C=O) groups excluding carboxylic acids is 1. The van der Waals surface area contributed by atoms with Gasteiger partial charge >= 0.3 is 5.97 Å². The van der Waals surface area contributed by atoms with Crippen LogP contribution < -0.4 is 0 Å². The van der Waals surface area contributed by atoms with E-state index >= 15 is 0 Å².